The number of nitrogens with one attached hydrogen (secondary N) is 2. The Balaban J connectivity index is 0.00000192. The van der Waals surface area contributed by atoms with Crippen LogP contribution in [0.15, 0.2) is 36.7 Å². The summed E-state index contributed by atoms with van der Waals surface area (Å²) in [5, 5.41) is 10.4. The molecule has 0 radical (unpaired) electrons. The van der Waals surface area contributed by atoms with Crippen molar-refractivity contribution in [3.05, 3.63) is 48.0 Å². The summed E-state index contributed by atoms with van der Waals surface area (Å²) in [6, 6.07) is 6.51. The van der Waals surface area contributed by atoms with Gasteiger partial charge in [-0.15, -0.1) is 12.4 Å². The molecule has 7 heteroatoms. The number of carbonyl (C=O) groups is 1. The van der Waals surface area contributed by atoms with Crippen molar-refractivity contribution < 1.29 is 9.18 Å². The fraction of sp³-hybridized carbons (Fsp3) is 0.375. The van der Waals surface area contributed by atoms with Crippen LogP contribution in [0.3, 0.4) is 0 Å². The van der Waals surface area contributed by atoms with E-state index in [-0.39, 0.29) is 24.1 Å². The molecule has 0 bridgehead atoms. The van der Waals surface area contributed by atoms with Gasteiger partial charge in [-0.1, -0.05) is 6.07 Å². The van der Waals surface area contributed by atoms with Gasteiger partial charge in [0, 0.05) is 23.6 Å². The van der Waals surface area contributed by atoms with Gasteiger partial charge < -0.3 is 10.6 Å². The van der Waals surface area contributed by atoms with Gasteiger partial charge in [-0.25, -0.2) is 4.39 Å². The number of halogens is 2. The number of hydrogen-bond donors (Lipinski definition) is 2. The van der Waals surface area contributed by atoms with E-state index in [0.717, 1.165) is 13.1 Å². The van der Waals surface area contributed by atoms with Gasteiger partial charge in [0.05, 0.1) is 0 Å². The van der Waals surface area contributed by atoms with E-state index in [2.05, 4.69) is 15.7 Å². The third-order valence-corrected chi connectivity index (χ3v) is 4.31. The molecule has 0 atom stereocenters. The molecule has 5 nitrogen and oxygen atoms in total. The Kier molecular flexibility index (Phi) is 5.38. The number of carbonyl (C=O) groups excluding carboxylic acids is 1. The quantitative estimate of drug-likeness (QED) is 0.904. The summed E-state index contributed by atoms with van der Waals surface area (Å²) < 4.78 is 15.4. The largest absolute Gasteiger partial charge is 0.324 e. The van der Waals surface area contributed by atoms with E-state index in [9.17, 15) is 9.18 Å². The fourth-order valence-corrected chi connectivity index (χ4v) is 2.90. The van der Waals surface area contributed by atoms with Gasteiger partial charge in [0.2, 0.25) is 0 Å². The van der Waals surface area contributed by atoms with Crippen molar-refractivity contribution in [2.24, 2.45) is 0 Å². The summed E-state index contributed by atoms with van der Waals surface area (Å²) in [5.74, 6) is -0.470. The lowest BCUT2D eigenvalue weighted by atomic mass is 9.87. The Morgan fingerprint density at radius 1 is 1.35 bits per heavy atom. The molecule has 2 aromatic rings. The SMILES string of the molecule is Cc1c(F)cccc1NC(=O)C1(n2cccn2)CCNCC1.Cl. The van der Waals surface area contributed by atoms with Gasteiger partial charge in [0.25, 0.3) is 5.91 Å². The number of anilines is 1. The molecule has 0 aliphatic carbocycles. The van der Waals surface area contributed by atoms with E-state index in [4.69, 9.17) is 0 Å². The number of rotatable bonds is 3. The van der Waals surface area contributed by atoms with Crippen LogP contribution < -0.4 is 10.6 Å². The molecule has 1 aliphatic rings. The highest BCUT2D eigenvalue weighted by Crippen LogP contribution is 2.29. The minimum absolute atomic E-state index is 0. The first-order valence-electron chi connectivity index (χ1n) is 7.41. The number of hydrogen-bond acceptors (Lipinski definition) is 3. The molecule has 1 fully saturated rings. The maximum absolute atomic E-state index is 13.7. The fourth-order valence-electron chi connectivity index (χ4n) is 2.90. The molecule has 3 rings (SSSR count). The molecule has 124 valence electrons. The summed E-state index contributed by atoms with van der Waals surface area (Å²) in [5.41, 5.74) is 0.225. The lowest BCUT2D eigenvalue weighted by Crippen LogP contribution is -2.52. The lowest BCUT2D eigenvalue weighted by molar-refractivity contribution is -0.126. The molecule has 2 N–H and O–H groups in total. The van der Waals surface area contributed by atoms with Crippen molar-refractivity contribution in [3.8, 4) is 0 Å². The monoisotopic (exact) mass is 338 g/mol. The number of aromatic nitrogens is 2. The summed E-state index contributed by atoms with van der Waals surface area (Å²) in [4.78, 5) is 12.9. The van der Waals surface area contributed by atoms with Crippen molar-refractivity contribution >= 4 is 24.0 Å². The zero-order chi connectivity index (χ0) is 15.6. The maximum Gasteiger partial charge on any atom is 0.252 e. The van der Waals surface area contributed by atoms with Crippen LogP contribution in [0.5, 0.6) is 0 Å². The van der Waals surface area contributed by atoms with Crippen LogP contribution in [0.1, 0.15) is 18.4 Å². The molecule has 1 saturated heterocycles. The van der Waals surface area contributed by atoms with E-state index in [1.165, 1.54) is 6.07 Å². The maximum atomic E-state index is 13.7. The molecule has 0 saturated carbocycles. The van der Waals surface area contributed by atoms with Crippen molar-refractivity contribution in [2.75, 3.05) is 18.4 Å². The molecular formula is C16H20ClFN4O. The molecule has 1 aliphatic heterocycles. The van der Waals surface area contributed by atoms with Crippen molar-refractivity contribution in [2.45, 2.75) is 25.3 Å². The highest BCUT2D eigenvalue weighted by atomic mass is 35.5. The highest BCUT2D eigenvalue weighted by Gasteiger charge is 2.42. The van der Waals surface area contributed by atoms with Crippen molar-refractivity contribution in [1.29, 1.82) is 0 Å². The van der Waals surface area contributed by atoms with Crippen LogP contribution >= 0.6 is 12.4 Å². The van der Waals surface area contributed by atoms with Crippen molar-refractivity contribution in [1.82, 2.24) is 15.1 Å². The Morgan fingerprint density at radius 2 is 2.09 bits per heavy atom. The zero-order valence-corrected chi connectivity index (χ0v) is 13.7. The number of amides is 1. The standard InChI is InChI=1S/C16H19FN4O.ClH/c1-12-13(17)4-2-5-14(12)20-15(22)16(6-9-18-10-7-16)21-11-3-8-19-21;/h2-5,8,11,18H,6-7,9-10H2,1H3,(H,20,22);1H. The van der Waals surface area contributed by atoms with E-state index in [1.807, 2.05) is 12.3 Å². The molecule has 0 unspecified atom stereocenters. The average Bonchev–Trinajstić information content (AvgIpc) is 3.07. The molecule has 0 spiro atoms. The predicted octanol–water partition coefficient (Wildman–Crippen LogP) is 2.47. The molecule has 1 aromatic heterocycles. The predicted molar refractivity (Wildman–Crippen MR) is 89.3 cm³/mol. The summed E-state index contributed by atoms with van der Waals surface area (Å²) in [6.07, 6.45) is 4.78. The Hall–Kier alpha value is -1.92. The van der Waals surface area contributed by atoms with E-state index in [0.29, 0.717) is 24.1 Å². The van der Waals surface area contributed by atoms with Crippen LogP contribution in [-0.2, 0) is 10.3 Å². The van der Waals surface area contributed by atoms with E-state index in [1.54, 1.807) is 29.9 Å². The first kappa shape index (κ1) is 17.4. The second-order valence-corrected chi connectivity index (χ2v) is 5.60. The van der Waals surface area contributed by atoms with Gasteiger partial charge in [0.1, 0.15) is 11.4 Å². The van der Waals surface area contributed by atoms with Gasteiger partial charge in [-0.05, 0) is 51.1 Å². The third-order valence-electron chi connectivity index (χ3n) is 4.31. The second-order valence-electron chi connectivity index (χ2n) is 5.60. The van der Waals surface area contributed by atoms with Gasteiger partial charge in [-0.2, -0.15) is 5.10 Å². The molecule has 2 heterocycles. The van der Waals surface area contributed by atoms with Gasteiger partial charge in [0.15, 0.2) is 0 Å². The topological polar surface area (TPSA) is 59.0 Å². The molecule has 23 heavy (non-hydrogen) atoms. The van der Waals surface area contributed by atoms with E-state index < -0.39 is 5.54 Å². The Bertz CT molecular complexity index is 669. The highest BCUT2D eigenvalue weighted by molar-refractivity contribution is 5.97. The first-order valence-corrected chi connectivity index (χ1v) is 7.41. The normalized spacial score (nSPS) is 16.4. The van der Waals surface area contributed by atoms with Gasteiger partial charge in [-0.3, -0.25) is 9.48 Å². The smallest absolute Gasteiger partial charge is 0.252 e. The lowest BCUT2D eigenvalue weighted by Gasteiger charge is -2.36. The molecular weight excluding hydrogens is 319 g/mol. The zero-order valence-electron chi connectivity index (χ0n) is 12.9. The van der Waals surface area contributed by atoms with E-state index >= 15 is 0 Å². The second kappa shape index (κ2) is 7.10. The summed E-state index contributed by atoms with van der Waals surface area (Å²) >= 11 is 0. The minimum atomic E-state index is -0.729. The Morgan fingerprint density at radius 3 is 2.74 bits per heavy atom. The Labute approximate surface area is 140 Å². The number of piperidine rings is 1. The van der Waals surface area contributed by atoms with Crippen molar-refractivity contribution in [3.63, 3.8) is 0 Å². The van der Waals surface area contributed by atoms with Crippen LogP contribution in [0, 0.1) is 12.7 Å². The van der Waals surface area contributed by atoms with Crippen LogP contribution in [0.2, 0.25) is 0 Å². The molecule has 1 amide bonds. The van der Waals surface area contributed by atoms with Crippen LogP contribution in [0.25, 0.3) is 0 Å². The average molecular weight is 339 g/mol. The summed E-state index contributed by atoms with van der Waals surface area (Å²) in [7, 11) is 0. The van der Waals surface area contributed by atoms with Crippen LogP contribution in [0.4, 0.5) is 10.1 Å². The first-order chi connectivity index (χ1) is 10.6. The molecule has 1 aromatic carbocycles. The van der Waals surface area contributed by atoms with Gasteiger partial charge >= 0.3 is 0 Å². The van der Waals surface area contributed by atoms with Crippen LogP contribution in [-0.4, -0.2) is 28.8 Å². The number of benzene rings is 1. The minimum Gasteiger partial charge on any atom is -0.324 e. The number of nitrogens with zero attached hydrogens (tertiary/aromatic N) is 2. The summed E-state index contributed by atoms with van der Waals surface area (Å²) in [6.45, 7) is 3.15. The third kappa shape index (κ3) is 3.23.